The van der Waals surface area contributed by atoms with E-state index in [1.165, 1.54) is 25.0 Å². The highest BCUT2D eigenvalue weighted by molar-refractivity contribution is 14.1. The molecule has 0 amide bonds. The molecule has 1 fully saturated rings. The molecule has 5 rings (SSSR count). The maximum Gasteiger partial charge on any atom is 0.416 e. The minimum absolute atomic E-state index is 0.134. The van der Waals surface area contributed by atoms with Crippen molar-refractivity contribution in [3.8, 4) is 22.6 Å². The standard InChI is InChI=1S/C27H21F3INO3/c28-27(29,30)18-8-5-16(6-9-18)17-7-14-23-22(15-17)24(31)25(26(33)34)32(23)19-10-12-21(13-11-19)35-20-3-1-2-4-20/h5-15,20H,1-4H2,(H,33,34). The first-order valence-electron chi connectivity index (χ1n) is 11.2. The zero-order valence-electron chi connectivity index (χ0n) is 18.5. The molecule has 0 unspecified atom stereocenters. The lowest BCUT2D eigenvalue weighted by Gasteiger charge is -2.14. The Balaban J connectivity index is 1.54. The summed E-state index contributed by atoms with van der Waals surface area (Å²) < 4.78 is 47.1. The van der Waals surface area contributed by atoms with Crippen LogP contribution in [0.5, 0.6) is 5.75 Å². The van der Waals surface area contributed by atoms with Crippen molar-refractivity contribution in [2.75, 3.05) is 0 Å². The van der Waals surface area contributed by atoms with Crippen molar-refractivity contribution in [3.05, 3.63) is 81.6 Å². The lowest BCUT2D eigenvalue weighted by atomic mass is 10.0. The fourth-order valence-electron chi connectivity index (χ4n) is 4.61. The first-order chi connectivity index (χ1) is 16.7. The summed E-state index contributed by atoms with van der Waals surface area (Å²) in [5.74, 6) is -0.304. The number of nitrogens with zero attached hydrogens (tertiary/aromatic N) is 1. The van der Waals surface area contributed by atoms with Crippen molar-refractivity contribution >= 4 is 39.5 Å². The van der Waals surface area contributed by atoms with E-state index >= 15 is 0 Å². The van der Waals surface area contributed by atoms with Crippen LogP contribution >= 0.6 is 22.6 Å². The van der Waals surface area contributed by atoms with Crippen molar-refractivity contribution in [3.63, 3.8) is 0 Å². The molecule has 1 aliphatic carbocycles. The van der Waals surface area contributed by atoms with Gasteiger partial charge in [-0.05, 0) is 108 Å². The van der Waals surface area contributed by atoms with E-state index in [1.54, 1.807) is 16.7 Å². The Morgan fingerprint density at radius 3 is 2.17 bits per heavy atom. The van der Waals surface area contributed by atoms with Gasteiger partial charge in [-0.2, -0.15) is 13.2 Å². The van der Waals surface area contributed by atoms with Gasteiger partial charge in [-0.25, -0.2) is 4.79 Å². The third-order valence-electron chi connectivity index (χ3n) is 6.35. The Bertz CT molecular complexity index is 1390. The van der Waals surface area contributed by atoms with Crippen molar-refractivity contribution in [1.29, 1.82) is 0 Å². The van der Waals surface area contributed by atoms with Gasteiger partial charge in [0, 0.05) is 11.1 Å². The number of carbonyl (C=O) groups is 1. The van der Waals surface area contributed by atoms with Gasteiger partial charge in [0.05, 0.1) is 20.8 Å². The molecule has 1 saturated carbocycles. The van der Waals surface area contributed by atoms with Crippen LogP contribution in [-0.2, 0) is 6.18 Å². The van der Waals surface area contributed by atoms with Gasteiger partial charge in [0.2, 0.25) is 0 Å². The second-order valence-electron chi connectivity index (χ2n) is 8.63. The van der Waals surface area contributed by atoms with E-state index in [2.05, 4.69) is 0 Å². The summed E-state index contributed by atoms with van der Waals surface area (Å²) in [5, 5.41) is 10.7. The molecule has 3 aromatic carbocycles. The zero-order chi connectivity index (χ0) is 24.7. The minimum atomic E-state index is -4.40. The maximum absolute atomic E-state index is 12.9. The van der Waals surface area contributed by atoms with Crippen LogP contribution in [-0.4, -0.2) is 21.7 Å². The molecule has 4 aromatic rings. The fourth-order valence-corrected chi connectivity index (χ4v) is 5.52. The predicted octanol–water partition coefficient (Wildman–Crippen LogP) is 7.94. The van der Waals surface area contributed by atoms with Crippen LogP contribution in [0, 0.1) is 3.57 Å². The second kappa shape index (κ2) is 9.22. The normalized spacial score (nSPS) is 14.5. The number of aromatic nitrogens is 1. The minimum Gasteiger partial charge on any atom is -0.490 e. The van der Waals surface area contributed by atoms with Gasteiger partial charge in [-0.1, -0.05) is 18.2 Å². The monoisotopic (exact) mass is 591 g/mol. The molecule has 8 heteroatoms. The molecular weight excluding hydrogens is 570 g/mol. The zero-order valence-corrected chi connectivity index (χ0v) is 20.6. The van der Waals surface area contributed by atoms with Gasteiger partial charge in [0.15, 0.2) is 0 Å². The molecule has 180 valence electrons. The highest BCUT2D eigenvalue weighted by atomic mass is 127. The molecule has 35 heavy (non-hydrogen) atoms. The Morgan fingerprint density at radius 1 is 0.943 bits per heavy atom. The van der Waals surface area contributed by atoms with Crippen LogP contribution in [0.15, 0.2) is 66.7 Å². The van der Waals surface area contributed by atoms with Gasteiger partial charge in [-0.15, -0.1) is 0 Å². The van der Waals surface area contributed by atoms with E-state index in [-0.39, 0.29) is 11.8 Å². The fraction of sp³-hybridized carbons (Fsp3) is 0.222. The van der Waals surface area contributed by atoms with Gasteiger partial charge < -0.3 is 14.4 Å². The largest absolute Gasteiger partial charge is 0.490 e. The Kier molecular flexibility index (Phi) is 6.25. The van der Waals surface area contributed by atoms with E-state index < -0.39 is 17.7 Å². The number of carboxylic acids is 1. The van der Waals surface area contributed by atoms with Gasteiger partial charge in [0.25, 0.3) is 0 Å². The number of aromatic carboxylic acids is 1. The van der Waals surface area contributed by atoms with Crippen LogP contribution in [0.3, 0.4) is 0 Å². The Morgan fingerprint density at radius 2 is 1.57 bits per heavy atom. The molecule has 1 aliphatic rings. The number of hydrogen-bond acceptors (Lipinski definition) is 2. The third kappa shape index (κ3) is 4.63. The number of benzene rings is 3. The number of fused-ring (bicyclic) bond motifs is 1. The quantitative estimate of drug-likeness (QED) is 0.240. The lowest BCUT2D eigenvalue weighted by Crippen LogP contribution is -2.11. The Hall–Kier alpha value is -3.01. The summed E-state index contributed by atoms with van der Waals surface area (Å²) in [4.78, 5) is 12.2. The summed E-state index contributed by atoms with van der Waals surface area (Å²) in [6.45, 7) is 0. The third-order valence-corrected chi connectivity index (χ3v) is 7.45. The predicted molar refractivity (Wildman–Crippen MR) is 136 cm³/mol. The topological polar surface area (TPSA) is 51.5 Å². The number of ether oxygens (including phenoxy) is 1. The SMILES string of the molecule is O=C(O)c1c(I)c2cc(-c3ccc(C(F)(F)F)cc3)ccc2n1-c1ccc(OC2CCCC2)cc1. The summed E-state index contributed by atoms with van der Waals surface area (Å²) >= 11 is 2.02. The van der Waals surface area contributed by atoms with E-state index in [4.69, 9.17) is 4.74 Å². The van der Waals surface area contributed by atoms with E-state index in [0.29, 0.717) is 31.3 Å². The molecule has 0 bridgehead atoms. The highest BCUT2D eigenvalue weighted by Crippen LogP contribution is 2.36. The lowest BCUT2D eigenvalue weighted by molar-refractivity contribution is -0.137. The number of halogens is 4. The number of rotatable bonds is 5. The Labute approximate surface area is 213 Å². The molecule has 0 spiro atoms. The highest BCUT2D eigenvalue weighted by Gasteiger charge is 2.30. The van der Waals surface area contributed by atoms with E-state index in [9.17, 15) is 23.1 Å². The van der Waals surface area contributed by atoms with E-state index in [1.807, 2.05) is 52.9 Å². The number of hydrogen-bond donors (Lipinski definition) is 1. The van der Waals surface area contributed by atoms with Crippen LogP contribution in [0.1, 0.15) is 41.7 Å². The molecule has 0 aliphatic heterocycles. The van der Waals surface area contributed by atoms with Gasteiger partial charge in [-0.3, -0.25) is 0 Å². The average Bonchev–Trinajstić information content (AvgIpc) is 3.45. The molecule has 1 aromatic heterocycles. The molecule has 0 atom stereocenters. The molecule has 1 N–H and O–H groups in total. The van der Waals surface area contributed by atoms with Gasteiger partial charge in [0.1, 0.15) is 11.4 Å². The summed E-state index contributed by atoms with van der Waals surface area (Å²) in [6, 6.07) is 17.8. The first kappa shape index (κ1) is 23.7. The smallest absolute Gasteiger partial charge is 0.416 e. The number of carboxylic acid groups (broad SMARTS) is 1. The van der Waals surface area contributed by atoms with Crippen molar-refractivity contribution in [2.45, 2.75) is 38.0 Å². The maximum atomic E-state index is 12.9. The van der Waals surface area contributed by atoms with Crippen LogP contribution in [0.2, 0.25) is 0 Å². The molecule has 1 heterocycles. The van der Waals surface area contributed by atoms with Crippen LogP contribution in [0.25, 0.3) is 27.7 Å². The van der Waals surface area contributed by atoms with Crippen molar-refractivity contribution < 1.29 is 27.8 Å². The van der Waals surface area contributed by atoms with Crippen LogP contribution < -0.4 is 4.74 Å². The number of alkyl halides is 3. The molecule has 4 nitrogen and oxygen atoms in total. The molecule has 0 radical (unpaired) electrons. The summed E-state index contributed by atoms with van der Waals surface area (Å²) in [7, 11) is 0. The van der Waals surface area contributed by atoms with E-state index in [0.717, 1.165) is 30.7 Å². The molecular formula is C27H21F3INO3. The second-order valence-corrected chi connectivity index (χ2v) is 9.71. The van der Waals surface area contributed by atoms with Crippen molar-refractivity contribution in [2.24, 2.45) is 0 Å². The average molecular weight is 591 g/mol. The first-order valence-corrected chi connectivity index (χ1v) is 12.3. The molecule has 0 saturated heterocycles. The summed E-state index contributed by atoms with van der Waals surface area (Å²) in [5.41, 5.74) is 2.14. The summed E-state index contributed by atoms with van der Waals surface area (Å²) in [6.07, 6.45) is 0.273. The van der Waals surface area contributed by atoms with Gasteiger partial charge >= 0.3 is 12.1 Å². The van der Waals surface area contributed by atoms with Crippen LogP contribution in [0.4, 0.5) is 13.2 Å². The van der Waals surface area contributed by atoms with Crippen molar-refractivity contribution in [1.82, 2.24) is 4.57 Å².